The Balaban J connectivity index is 1.91. The highest BCUT2D eigenvalue weighted by Crippen LogP contribution is 2.32. The second kappa shape index (κ2) is 13.2. The molecule has 0 bridgehead atoms. The predicted molar refractivity (Wildman–Crippen MR) is 165 cm³/mol. The summed E-state index contributed by atoms with van der Waals surface area (Å²) in [6, 6.07) is 10.7. The minimum absolute atomic E-state index is 0.0480. The van der Waals surface area contributed by atoms with Gasteiger partial charge in [0.1, 0.15) is 17.3 Å². The van der Waals surface area contributed by atoms with E-state index in [1.165, 1.54) is 18.2 Å². The number of carboxylic acid groups (broad SMARTS) is 1. The summed E-state index contributed by atoms with van der Waals surface area (Å²) in [6.45, 7) is 10.2. The number of carbonyl (C=O) groups excluding carboxylic acids is 1. The molecular formula is C32H36F2N6O4. The molecule has 0 fully saturated rings. The largest absolute Gasteiger partial charge is 0.465 e. The number of nitrogens with zero attached hydrogens (tertiary/aromatic N) is 3. The maximum Gasteiger partial charge on any atom is 0.404 e. The quantitative estimate of drug-likeness (QED) is 0.183. The van der Waals surface area contributed by atoms with Crippen molar-refractivity contribution in [3.05, 3.63) is 81.6 Å². The Morgan fingerprint density at radius 2 is 1.73 bits per heavy atom. The summed E-state index contributed by atoms with van der Waals surface area (Å²) in [6.07, 6.45) is -0.0242. The smallest absolute Gasteiger partial charge is 0.404 e. The van der Waals surface area contributed by atoms with E-state index in [2.05, 4.69) is 20.9 Å². The molecule has 2 amide bonds. The maximum absolute atomic E-state index is 15.0. The Morgan fingerprint density at radius 3 is 2.36 bits per heavy atom. The molecule has 44 heavy (non-hydrogen) atoms. The topological polar surface area (TPSA) is 138 Å². The minimum Gasteiger partial charge on any atom is -0.465 e. The van der Waals surface area contributed by atoms with Gasteiger partial charge in [0, 0.05) is 41.7 Å². The molecule has 0 saturated carbocycles. The number of pyridine rings is 1. The predicted octanol–water partition coefficient (Wildman–Crippen LogP) is 5.66. The van der Waals surface area contributed by atoms with Crippen molar-refractivity contribution < 1.29 is 23.5 Å². The van der Waals surface area contributed by atoms with Crippen LogP contribution in [0, 0.1) is 24.0 Å². The third kappa shape index (κ3) is 7.01. The van der Waals surface area contributed by atoms with Crippen LogP contribution in [0.5, 0.6) is 0 Å². The van der Waals surface area contributed by atoms with Crippen LogP contribution in [0.1, 0.15) is 56.5 Å². The lowest BCUT2D eigenvalue weighted by molar-refractivity contribution is 0.0953. The van der Waals surface area contributed by atoms with Gasteiger partial charge in [-0.2, -0.15) is 4.98 Å². The van der Waals surface area contributed by atoms with Crippen molar-refractivity contribution in [2.45, 2.75) is 53.5 Å². The first-order valence-electron chi connectivity index (χ1n) is 14.3. The highest BCUT2D eigenvalue weighted by molar-refractivity contribution is 5.98. The van der Waals surface area contributed by atoms with Crippen LogP contribution in [0.25, 0.3) is 28.0 Å². The first kappa shape index (κ1) is 32.1. The van der Waals surface area contributed by atoms with E-state index in [4.69, 9.17) is 4.98 Å². The number of rotatable bonds is 10. The van der Waals surface area contributed by atoms with Crippen LogP contribution in [0.15, 0.2) is 53.3 Å². The van der Waals surface area contributed by atoms with Crippen LogP contribution in [-0.4, -0.2) is 50.8 Å². The maximum atomic E-state index is 15.0. The first-order valence-corrected chi connectivity index (χ1v) is 14.3. The highest BCUT2D eigenvalue weighted by atomic mass is 19.1. The lowest BCUT2D eigenvalue weighted by Gasteiger charge is -2.30. The number of amides is 2. The molecule has 0 spiro atoms. The van der Waals surface area contributed by atoms with E-state index in [0.717, 1.165) is 28.7 Å². The summed E-state index contributed by atoms with van der Waals surface area (Å²) in [5.41, 5.74) is 0.309. The van der Waals surface area contributed by atoms with Crippen molar-refractivity contribution in [1.29, 1.82) is 0 Å². The number of halogens is 2. The zero-order chi connectivity index (χ0) is 32.2. The summed E-state index contributed by atoms with van der Waals surface area (Å²) in [7, 11) is 0. The normalized spacial score (nSPS) is 12.2. The molecule has 0 aliphatic rings. The summed E-state index contributed by atoms with van der Waals surface area (Å²) >= 11 is 0. The molecule has 4 aromatic rings. The van der Waals surface area contributed by atoms with Gasteiger partial charge in [-0.25, -0.2) is 18.6 Å². The van der Waals surface area contributed by atoms with Crippen molar-refractivity contribution in [2.75, 3.05) is 18.4 Å². The SMILES string of the molecule is CCCNC(=O)c1ccc(C)c(-c2nc(NCCC(NC(=O)O)C(C)(C)C)nc3c2ccc(=O)n3-c2c(F)cccc2F)c1. The highest BCUT2D eigenvalue weighted by Gasteiger charge is 2.26. The molecule has 0 saturated heterocycles. The molecule has 232 valence electrons. The van der Waals surface area contributed by atoms with Crippen molar-refractivity contribution in [3.63, 3.8) is 0 Å². The number of hydrogen-bond acceptors (Lipinski definition) is 6. The molecule has 2 heterocycles. The fourth-order valence-corrected chi connectivity index (χ4v) is 4.88. The number of carbonyl (C=O) groups is 2. The van der Waals surface area contributed by atoms with Crippen LogP contribution >= 0.6 is 0 Å². The third-order valence-corrected chi connectivity index (χ3v) is 7.26. The van der Waals surface area contributed by atoms with Crippen LogP contribution in [0.4, 0.5) is 19.5 Å². The fraction of sp³-hybridized carbons (Fsp3) is 0.344. The Hall–Kier alpha value is -4.87. The van der Waals surface area contributed by atoms with Gasteiger partial charge in [-0.05, 0) is 61.1 Å². The van der Waals surface area contributed by atoms with E-state index in [-0.39, 0.29) is 24.0 Å². The zero-order valence-corrected chi connectivity index (χ0v) is 25.3. The molecule has 2 aromatic carbocycles. The van der Waals surface area contributed by atoms with Gasteiger partial charge >= 0.3 is 6.09 Å². The van der Waals surface area contributed by atoms with E-state index in [1.54, 1.807) is 18.2 Å². The number of anilines is 1. The summed E-state index contributed by atoms with van der Waals surface area (Å²) in [5.74, 6) is -2.12. The van der Waals surface area contributed by atoms with E-state index < -0.39 is 40.4 Å². The van der Waals surface area contributed by atoms with Gasteiger partial charge < -0.3 is 21.1 Å². The second-order valence-corrected chi connectivity index (χ2v) is 11.6. The van der Waals surface area contributed by atoms with Gasteiger partial charge in [0.15, 0.2) is 5.65 Å². The first-order chi connectivity index (χ1) is 20.8. The van der Waals surface area contributed by atoms with E-state index in [9.17, 15) is 19.5 Å². The number of aromatic nitrogens is 3. The van der Waals surface area contributed by atoms with Crippen LogP contribution in [0.2, 0.25) is 0 Å². The Kier molecular flexibility index (Phi) is 9.61. The molecular weight excluding hydrogens is 570 g/mol. The number of aryl methyl sites for hydroxylation is 1. The molecule has 4 rings (SSSR count). The summed E-state index contributed by atoms with van der Waals surface area (Å²) < 4.78 is 30.9. The molecule has 12 heteroatoms. The average molecular weight is 607 g/mol. The molecule has 2 aromatic heterocycles. The zero-order valence-electron chi connectivity index (χ0n) is 25.3. The van der Waals surface area contributed by atoms with Crippen LogP contribution < -0.4 is 21.5 Å². The lowest BCUT2D eigenvalue weighted by atomic mass is 9.85. The number of nitrogens with one attached hydrogen (secondary N) is 3. The van der Waals surface area contributed by atoms with E-state index in [0.29, 0.717) is 35.2 Å². The average Bonchev–Trinajstić information content (AvgIpc) is 2.95. The second-order valence-electron chi connectivity index (χ2n) is 11.6. The van der Waals surface area contributed by atoms with Crippen LogP contribution in [-0.2, 0) is 0 Å². The van der Waals surface area contributed by atoms with Gasteiger partial charge in [0.25, 0.3) is 11.5 Å². The fourth-order valence-electron chi connectivity index (χ4n) is 4.88. The standard InChI is InChI=1S/C32H36F2N6O4/c1-6-15-35-29(42)19-11-10-18(2)21(17-19)26-20-12-13-25(41)40(27-22(33)8-7-9-23(27)34)28(20)39-30(38-26)36-16-14-24(32(3,4)5)37-31(43)44/h7-13,17,24,37H,6,14-16H2,1-5H3,(H,35,42)(H,43,44)(H,36,38,39). The van der Waals surface area contributed by atoms with Crippen molar-refractivity contribution in [1.82, 2.24) is 25.2 Å². The molecule has 0 aliphatic carbocycles. The molecule has 4 N–H and O–H groups in total. The van der Waals surface area contributed by atoms with Crippen molar-refractivity contribution in [2.24, 2.45) is 5.41 Å². The Morgan fingerprint density at radius 1 is 1.02 bits per heavy atom. The minimum atomic E-state index is -1.15. The lowest BCUT2D eigenvalue weighted by Crippen LogP contribution is -2.44. The molecule has 1 atom stereocenters. The van der Waals surface area contributed by atoms with Gasteiger partial charge in [0.2, 0.25) is 5.95 Å². The van der Waals surface area contributed by atoms with Crippen molar-refractivity contribution in [3.8, 4) is 16.9 Å². The van der Waals surface area contributed by atoms with E-state index >= 15 is 8.78 Å². The van der Waals surface area contributed by atoms with Crippen LogP contribution in [0.3, 0.4) is 0 Å². The van der Waals surface area contributed by atoms with E-state index in [1.807, 2.05) is 34.6 Å². The number of hydrogen-bond donors (Lipinski definition) is 4. The molecule has 0 radical (unpaired) electrons. The monoisotopic (exact) mass is 606 g/mol. The molecule has 10 nitrogen and oxygen atoms in total. The van der Waals surface area contributed by atoms with Gasteiger partial charge in [-0.15, -0.1) is 0 Å². The third-order valence-electron chi connectivity index (χ3n) is 7.26. The number of para-hydroxylation sites is 1. The summed E-state index contributed by atoms with van der Waals surface area (Å²) in [5, 5.41) is 18.1. The molecule has 0 aliphatic heterocycles. The Labute approximate surface area is 253 Å². The number of fused-ring (bicyclic) bond motifs is 1. The van der Waals surface area contributed by atoms with Crippen molar-refractivity contribution >= 4 is 29.0 Å². The van der Waals surface area contributed by atoms with Gasteiger partial charge in [-0.1, -0.05) is 39.8 Å². The van der Waals surface area contributed by atoms with Gasteiger partial charge in [0.05, 0.1) is 5.69 Å². The number of benzene rings is 2. The molecule has 1 unspecified atom stereocenters. The van der Waals surface area contributed by atoms with Gasteiger partial charge in [-0.3, -0.25) is 14.2 Å². The Bertz CT molecular complexity index is 1750. The summed E-state index contributed by atoms with van der Waals surface area (Å²) in [4.78, 5) is 46.6.